The van der Waals surface area contributed by atoms with E-state index in [1.54, 1.807) is 7.11 Å². The third-order valence-corrected chi connectivity index (χ3v) is 7.21. The van der Waals surface area contributed by atoms with E-state index < -0.39 is 6.04 Å². The van der Waals surface area contributed by atoms with Gasteiger partial charge in [0.25, 0.3) is 0 Å². The van der Waals surface area contributed by atoms with Crippen LogP contribution in [0.25, 0.3) is 0 Å². The van der Waals surface area contributed by atoms with Crippen LogP contribution in [0.4, 0.5) is 0 Å². The van der Waals surface area contributed by atoms with Crippen molar-refractivity contribution < 1.29 is 14.3 Å². The van der Waals surface area contributed by atoms with Gasteiger partial charge in [0.1, 0.15) is 5.75 Å². The predicted octanol–water partition coefficient (Wildman–Crippen LogP) is 2.33. The zero-order valence-corrected chi connectivity index (χ0v) is 17.5. The zero-order valence-electron chi connectivity index (χ0n) is 17.5. The summed E-state index contributed by atoms with van der Waals surface area (Å²) in [6, 6.07) is 7.60. The van der Waals surface area contributed by atoms with Crippen molar-refractivity contribution in [2.75, 3.05) is 20.2 Å². The molecule has 0 radical (unpaired) electrons. The van der Waals surface area contributed by atoms with E-state index in [1.165, 1.54) is 25.7 Å². The summed E-state index contributed by atoms with van der Waals surface area (Å²) in [7, 11) is 1.66. The summed E-state index contributed by atoms with van der Waals surface area (Å²) in [5, 5.41) is 6.13. The maximum Gasteiger partial charge on any atom is 0.237 e. The van der Waals surface area contributed by atoms with Crippen LogP contribution in [0.1, 0.15) is 44.6 Å². The maximum atomic E-state index is 12.8. The Morgan fingerprint density at radius 2 is 2.14 bits per heavy atom. The molecular weight excluding hydrogens is 366 g/mol. The van der Waals surface area contributed by atoms with Gasteiger partial charge in [-0.2, -0.15) is 0 Å². The van der Waals surface area contributed by atoms with Crippen LogP contribution in [0.3, 0.4) is 0 Å². The molecule has 2 aliphatic carbocycles. The predicted molar refractivity (Wildman–Crippen MR) is 111 cm³/mol. The third kappa shape index (κ3) is 4.42. The van der Waals surface area contributed by atoms with Gasteiger partial charge in [-0.3, -0.25) is 14.5 Å². The van der Waals surface area contributed by atoms with Crippen LogP contribution in [-0.2, 0) is 16.1 Å². The molecule has 1 aromatic carbocycles. The van der Waals surface area contributed by atoms with E-state index >= 15 is 0 Å². The molecule has 4 rings (SSSR count). The average molecular weight is 400 g/mol. The van der Waals surface area contributed by atoms with Crippen LogP contribution in [-0.4, -0.2) is 49.0 Å². The first-order valence-electron chi connectivity index (χ1n) is 11.0. The lowest BCUT2D eigenvalue weighted by atomic mass is 9.84. The molecule has 2 N–H and O–H groups in total. The quantitative estimate of drug-likeness (QED) is 0.738. The van der Waals surface area contributed by atoms with E-state index in [4.69, 9.17) is 4.74 Å². The van der Waals surface area contributed by atoms with Crippen LogP contribution in [0.15, 0.2) is 24.3 Å². The van der Waals surface area contributed by atoms with Crippen molar-refractivity contribution in [2.45, 2.75) is 57.7 Å². The molecule has 158 valence electrons. The van der Waals surface area contributed by atoms with Crippen molar-refractivity contribution in [1.29, 1.82) is 0 Å². The standard InChI is InChI=1S/C23H33N3O3/c1-15(19-12-16-7-8-17(19)11-16)25-22(27)13-20-23(28)24-9-10-26(20)14-18-5-3-4-6-21(18)29-2/h3-6,15-17,19-20H,7-14H2,1-2H3,(H,24,28)(H,25,27). The molecule has 1 aromatic rings. The van der Waals surface area contributed by atoms with Crippen molar-refractivity contribution in [2.24, 2.45) is 17.8 Å². The van der Waals surface area contributed by atoms with Gasteiger partial charge in [-0.05, 0) is 50.0 Å². The summed E-state index contributed by atoms with van der Waals surface area (Å²) in [6.07, 6.45) is 5.46. The number of fused-ring (bicyclic) bond motifs is 2. The van der Waals surface area contributed by atoms with Gasteiger partial charge in [-0.25, -0.2) is 0 Å². The van der Waals surface area contributed by atoms with Gasteiger partial charge < -0.3 is 15.4 Å². The van der Waals surface area contributed by atoms with E-state index in [0.29, 0.717) is 19.0 Å². The first-order chi connectivity index (χ1) is 14.0. The van der Waals surface area contributed by atoms with Crippen molar-refractivity contribution in [1.82, 2.24) is 15.5 Å². The van der Waals surface area contributed by atoms with Gasteiger partial charge in [-0.15, -0.1) is 0 Å². The molecule has 6 heteroatoms. The Labute approximate surface area is 173 Å². The van der Waals surface area contributed by atoms with E-state index in [-0.39, 0.29) is 24.3 Å². The number of hydrogen-bond acceptors (Lipinski definition) is 4. The minimum Gasteiger partial charge on any atom is -0.496 e. The number of carbonyl (C=O) groups excluding carboxylic acids is 2. The fraction of sp³-hybridized carbons (Fsp3) is 0.652. The Hall–Kier alpha value is -2.08. The largest absolute Gasteiger partial charge is 0.496 e. The lowest BCUT2D eigenvalue weighted by Crippen LogP contribution is -2.56. The monoisotopic (exact) mass is 399 g/mol. The van der Waals surface area contributed by atoms with Crippen LogP contribution in [0, 0.1) is 17.8 Å². The van der Waals surface area contributed by atoms with Gasteiger partial charge >= 0.3 is 0 Å². The molecule has 6 nitrogen and oxygen atoms in total. The zero-order chi connectivity index (χ0) is 20.4. The summed E-state index contributed by atoms with van der Waals surface area (Å²) >= 11 is 0. The lowest BCUT2D eigenvalue weighted by Gasteiger charge is -2.35. The van der Waals surface area contributed by atoms with E-state index in [2.05, 4.69) is 22.5 Å². The highest BCUT2D eigenvalue weighted by molar-refractivity contribution is 5.88. The number of benzene rings is 1. The fourth-order valence-corrected chi connectivity index (χ4v) is 5.73. The Balaban J connectivity index is 1.38. The second kappa shape index (κ2) is 8.74. The molecular formula is C23H33N3O3. The first kappa shape index (κ1) is 20.2. The average Bonchev–Trinajstić information content (AvgIpc) is 3.34. The van der Waals surface area contributed by atoms with Gasteiger partial charge in [0, 0.05) is 31.2 Å². The number of methoxy groups -OCH3 is 1. The lowest BCUT2D eigenvalue weighted by molar-refractivity contribution is -0.134. The summed E-state index contributed by atoms with van der Waals surface area (Å²) < 4.78 is 5.46. The second-order valence-electron chi connectivity index (χ2n) is 8.99. The molecule has 5 unspecified atom stereocenters. The smallest absolute Gasteiger partial charge is 0.237 e. The molecule has 5 atom stereocenters. The fourth-order valence-electron chi connectivity index (χ4n) is 5.73. The van der Waals surface area contributed by atoms with Crippen LogP contribution < -0.4 is 15.4 Å². The van der Waals surface area contributed by atoms with Crippen molar-refractivity contribution >= 4 is 11.8 Å². The Morgan fingerprint density at radius 1 is 1.31 bits per heavy atom. The van der Waals surface area contributed by atoms with Crippen LogP contribution in [0.5, 0.6) is 5.75 Å². The minimum absolute atomic E-state index is 0.0210. The molecule has 3 fully saturated rings. The van der Waals surface area contributed by atoms with Gasteiger partial charge in [0.15, 0.2) is 0 Å². The minimum atomic E-state index is -0.444. The number of piperazine rings is 1. The summed E-state index contributed by atoms with van der Waals surface area (Å²) in [5.41, 5.74) is 1.03. The maximum absolute atomic E-state index is 12.8. The van der Waals surface area contributed by atoms with E-state index in [0.717, 1.165) is 29.7 Å². The Morgan fingerprint density at radius 3 is 2.86 bits per heavy atom. The summed E-state index contributed by atoms with van der Waals surface area (Å²) in [5.74, 6) is 2.97. The molecule has 1 aliphatic heterocycles. The Kier molecular flexibility index (Phi) is 6.09. The Bertz CT molecular complexity index is 753. The SMILES string of the molecule is COc1ccccc1CN1CCNC(=O)C1CC(=O)NC(C)C1CC2CCC1C2. The molecule has 29 heavy (non-hydrogen) atoms. The number of para-hydroxylation sites is 1. The number of nitrogens with one attached hydrogen (secondary N) is 2. The molecule has 1 heterocycles. The summed E-state index contributed by atoms with van der Waals surface area (Å²) in [6.45, 7) is 4.06. The molecule has 0 aromatic heterocycles. The molecule has 1 saturated heterocycles. The third-order valence-electron chi connectivity index (χ3n) is 7.21. The highest BCUT2D eigenvalue weighted by atomic mass is 16.5. The van der Waals surface area contributed by atoms with Crippen molar-refractivity contribution in [3.05, 3.63) is 29.8 Å². The first-order valence-corrected chi connectivity index (χ1v) is 11.0. The topological polar surface area (TPSA) is 70.7 Å². The van der Waals surface area contributed by atoms with Gasteiger partial charge in [0.2, 0.25) is 11.8 Å². The highest BCUT2D eigenvalue weighted by Gasteiger charge is 2.42. The van der Waals surface area contributed by atoms with E-state index in [1.807, 2.05) is 24.3 Å². The second-order valence-corrected chi connectivity index (χ2v) is 8.99. The summed E-state index contributed by atoms with van der Waals surface area (Å²) in [4.78, 5) is 27.5. The molecule has 3 aliphatic rings. The van der Waals surface area contributed by atoms with Gasteiger partial charge in [0.05, 0.1) is 19.6 Å². The highest BCUT2D eigenvalue weighted by Crippen LogP contribution is 2.49. The normalized spacial score (nSPS) is 30.1. The number of ether oxygens (including phenoxy) is 1. The molecule has 2 saturated carbocycles. The number of carbonyl (C=O) groups is 2. The van der Waals surface area contributed by atoms with Gasteiger partial charge in [-0.1, -0.05) is 24.6 Å². The molecule has 2 bridgehead atoms. The van der Waals surface area contributed by atoms with Crippen LogP contribution in [0.2, 0.25) is 0 Å². The van der Waals surface area contributed by atoms with Crippen molar-refractivity contribution in [3.63, 3.8) is 0 Å². The number of hydrogen-bond donors (Lipinski definition) is 2. The number of rotatable bonds is 7. The van der Waals surface area contributed by atoms with Crippen LogP contribution >= 0.6 is 0 Å². The van der Waals surface area contributed by atoms with E-state index in [9.17, 15) is 9.59 Å². The number of nitrogens with zero attached hydrogens (tertiary/aromatic N) is 1. The number of amides is 2. The van der Waals surface area contributed by atoms with Crippen molar-refractivity contribution in [3.8, 4) is 5.75 Å². The molecule has 0 spiro atoms. The molecule has 2 amide bonds.